The van der Waals surface area contributed by atoms with Gasteiger partial charge in [-0.1, -0.05) is 13.0 Å². The van der Waals surface area contributed by atoms with Crippen LogP contribution >= 0.6 is 39.0 Å². The second kappa shape index (κ2) is 6.99. The van der Waals surface area contributed by atoms with Gasteiger partial charge in [-0.15, -0.1) is 23.1 Å². The Kier molecular flexibility index (Phi) is 5.32. The summed E-state index contributed by atoms with van der Waals surface area (Å²) in [6.07, 6.45) is 0. The molecule has 1 N–H and O–H groups in total. The number of thioether (sulfide) groups is 1. The van der Waals surface area contributed by atoms with Crippen molar-refractivity contribution in [3.05, 3.63) is 44.6 Å². The monoisotopic (exact) mass is 352 g/mol. The molecule has 0 atom stereocenters. The first-order valence-corrected chi connectivity index (χ1v) is 8.53. The molecule has 1 aromatic carbocycles. The average molecular weight is 353 g/mol. The van der Waals surface area contributed by atoms with Crippen LogP contribution in [0.5, 0.6) is 0 Å². The highest BCUT2D eigenvalue weighted by molar-refractivity contribution is 9.10. The van der Waals surface area contributed by atoms with E-state index in [4.69, 9.17) is 0 Å². The van der Waals surface area contributed by atoms with E-state index in [2.05, 4.69) is 45.7 Å². The first-order valence-electron chi connectivity index (χ1n) is 5.87. The second-order valence-corrected chi connectivity index (χ2v) is 7.03. The molecule has 2 nitrogen and oxygen atoms in total. The molecule has 0 saturated heterocycles. The molecule has 2 aromatic rings. The molecule has 0 saturated carbocycles. The molecule has 1 aromatic heterocycles. The first-order chi connectivity index (χ1) is 9.24. The van der Waals surface area contributed by atoms with E-state index >= 15 is 0 Å². The summed E-state index contributed by atoms with van der Waals surface area (Å²) in [5.74, 6) is 0.968. The van der Waals surface area contributed by atoms with Crippen LogP contribution < -0.4 is 5.32 Å². The zero-order valence-electron chi connectivity index (χ0n) is 10.4. The zero-order chi connectivity index (χ0) is 13.7. The Hall–Kier alpha value is -0.960. The number of halogens is 1. The summed E-state index contributed by atoms with van der Waals surface area (Å²) in [6.45, 7) is 2.83. The number of anilines is 1. The van der Waals surface area contributed by atoms with E-state index in [1.165, 1.54) is 4.88 Å². The number of thiophene rings is 1. The van der Waals surface area contributed by atoms with Crippen molar-refractivity contribution in [1.29, 1.82) is 5.26 Å². The van der Waals surface area contributed by atoms with Gasteiger partial charge in [0.05, 0.1) is 11.3 Å². The third-order valence-corrected chi connectivity index (χ3v) is 5.15. The van der Waals surface area contributed by atoms with Crippen molar-refractivity contribution in [3.63, 3.8) is 0 Å². The average Bonchev–Trinajstić information content (AvgIpc) is 2.83. The van der Waals surface area contributed by atoms with Crippen molar-refractivity contribution < 1.29 is 0 Å². The van der Waals surface area contributed by atoms with Crippen LogP contribution in [0.4, 0.5) is 5.69 Å². The molecule has 0 bridgehead atoms. The summed E-state index contributed by atoms with van der Waals surface area (Å²) in [5.41, 5.74) is 1.65. The SMILES string of the molecule is CCSc1cccc(NCc2cc(Br)cs2)c1C#N. The van der Waals surface area contributed by atoms with Gasteiger partial charge >= 0.3 is 0 Å². The molecule has 2 rings (SSSR count). The highest BCUT2D eigenvalue weighted by Crippen LogP contribution is 2.28. The highest BCUT2D eigenvalue weighted by atomic mass is 79.9. The minimum absolute atomic E-state index is 0.741. The van der Waals surface area contributed by atoms with Crippen molar-refractivity contribution in [2.45, 2.75) is 18.4 Å². The molecule has 0 unspecified atom stereocenters. The van der Waals surface area contributed by atoms with Crippen LogP contribution in [0.3, 0.4) is 0 Å². The second-order valence-electron chi connectivity index (χ2n) is 3.81. The molecule has 0 aliphatic rings. The van der Waals surface area contributed by atoms with E-state index in [1.807, 2.05) is 18.2 Å². The minimum Gasteiger partial charge on any atom is -0.379 e. The van der Waals surface area contributed by atoms with Crippen molar-refractivity contribution in [2.24, 2.45) is 0 Å². The molecule has 0 amide bonds. The normalized spacial score (nSPS) is 10.2. The summed E-state index contributed by atoms with van der Waals surface area (Å²) in [5, 5.41) is 14.7. The van der Waals surface area contributed by atoms with E-state index in [-0.39, 0.29) is 0 Å². The third-order valence-electron chi connectivity index (χ3n) is 2.51. The Labute approximate surface area is 130 Å². The van der Waals surface area contributed by atoms with Gasteiger partial charge in [0, 0.05) is 26.2 Å². The third kappa shape index (κ3) is 3.75. The summed E-state index contributed by atoms with van der Waals surface area (Å²) in [4.78, 5) is 2.28. The molecule has 0 fully saturated rings. The largest absolute Gasteiger partial charge is 0.379 e. The van der Waals surface area contributed by atoms with Crippen molar-refractivity contribution in [3.8, 4) is 6.07 Å². The van der Waals surface area contributed by atoms with Gasteiger partial charge in [-0.2, -0.15) is 5.26 Å². The van der Waals surface area contributed by atoms with Crippen LogP contribution in [0.15, 0.2) is 39.0 Å². The first kappa shape index (κ1) is 14.4. The Morgan fingerprint density at radius 2 is 2.32 bits per heavy atom. The van der Waals surface area contributed by atoms with E-state index in [1.54, 1.807) is 23.1 Å². The Bertz CT molecular complexity index is 602. The molecule has 0 aliphatic heterocycles. The molecular weight excluding hydrogens is 340 g/mol. The maximum absolute atomic E-state index is 9.32. The topological polar surface area (TPSA) is 35.8 Å². The lowest BCUT2D eigenvalue weighted by atomic mass is 10.2. The Balaban J connectivity index is 2.16. The van der Waals surface area contributed by atoms with Crippen LogP contribution in [-0.2, 0) is 6.54 Å². The summed E-state index contributed by atoms with van der Waals surface area (Å²) >= 11 is 6.84. The number of hydrogen-bond donors (Lipinski definition) is 1. The Morgan fingerprint density at radius 3 is 2.95 bits per heavy atom. The fourth-order valence-electron chi connectivity index (χ4n) is 1.70. The van der Waals surface area contributed by atoms with E-state index in [0.717, 1.165) is 32.9 Å². The highest BCUT2D eigenvalue weighted by Gasteiger charge is 2.08. The van der Waals surface area contributed by atoms with Gasteiger partial charge in [-0.05, 0) is 39.9 Å². The molecule has 98 valence electrons. The van der Waals surface area contributed by atoms with E-state index in [9.17, 15) is 5.26 Å². The molecule has 0 spiro atoms. The summed E-state index contributed by atoms with van der Waals surface area (Å²) < 4.78 is 1.10. The van der Waals surface area contributed by atoms with E-state index < -0.39 is 0 Å². The van der Waals surface area contributed by atoms with Crippen molar-refractivity contribution in [2.75, 3.05) is 11.1 Å². The van der Waals surface area contributed by atoms with Gasteiger partial charge < -0.3 is 5.32 Å². The Morgan fingerprint density at radius 1 is 1.47 bits per heavy atom. The fraction of sp³-hybridized carbons (Fsp3) is 0.214. The lowest BCUT2D eigenvalue weighted by molar-refractivity contribution is 1.17. The lowest BCUT2D eigenvalue weighted by Crippen LogP contribution is -2.00. The van der Waals surface area contributed by atoms with Crippen molar-refractivity contribution in [1.82, 2.24) is 0 Å². The van der Waals surface area contributed by atoms with Crippen molar-refractivity contribution >= 4 is 44.7 Å². The molecule has 19 heavy (non-hydrogen) atoms. The molecular formula is C14H13BrN2S2. The maximum atomic E-state index is 9.32. The number of benzene rings is 1. The number of nitriles is 1. The quantitative estimate of drug-likeness (QED) is 0.759. The number of nitrogens with zero attached hydrogens (tertiary/aromatic N) is 1. The molecule has 0 radical (unpaired) electrons. The number of nitrogens with one attached hydrogen (secondary N) is 1. The smallest absolute Gasteiger partial charge is 0.102 e. The summed E-state index contributed by atoms with van der Waals surface area (Å²) in [7, 11) is 0. The number of rotatable bonds is 5. The van der Waals surface area contributed by atoms with Gasteiger partial charge in [0.25, 0.3) is 0 Å². The predicted octanol–water partition coefficient (Wildman–Crippen LogP) is 5.11. The van der Waals surface area contributed by atoms with Crippen LogP contribution in [0, 0.1) is 11.3 Å². The molecule has 1 heterocycles. The van der Waals surface area contributed by atoms with Crippen LogP contribution in [0.1, 0.15) is 17.4 Å². The van der Waals surface area contributed by atoms with Crippen LogP contribution in [0.25, 0.3) is 0 Å². The fourth-order valence-corrected chi connectivity index (χ4v) is 3.87. The molecule has 0 aliphatic carbocycles. The van der Waals surface area contributed by atoms with Gasteiger partial charge in [0.1, 0.15) is 6.07 Å². The van der Waals surface area contributed by atoms with Gasteiger partial charge in [0.2, 0.25) is 0 Å². The number of hydrogen-bond acceptors (Lipinski definition) is 4. The van der Waals surface area contributed by atoms with Gasteiger partial charge in [-0.3, -0.25) is 0 Å². The van der Waals surface area contributed by atoms with Crippen LogP contribution in [-0.4, -0.2) is 5.75 Å². The maximum Gasteiger partial charge on any atom is 0.102 e. The predicted molar refractivity (Wildman–Crippen MR) is 86.9 cm³/mol. The zero-order valence-corrected chi connectivity index (χ0v) is 13.7. The standard InChI is InChI=1S/C14H13BrN2S2/c1-2-18-14-5-3-4-13(12(14)7-16)17-8-11-6-10(15)9-19-11/h3-6,9,17H,2,8H2,1H3. The summed E-state index contributed by atoms with van der Waals surface area (Å²) in [6, 6.07) is 10.3. The van der Waals surface area contributed by atoms with Gasteiger partial charge in [-0.25, -0.2) is 0 Å². The van der Waals surface area contributed by atoms with E-state index in [0.29, 0.717) is 0 Å². The minimum atomic E-state index is 0.741. The van der Waals surface area contributed by atoms with Gasteiger partial charge in [0.15, 0.2) is 0 Å². The molecule has 5 heteroatoms. The van der Waals surface area contributed by atoms with Crippen LogP contribution in [0.2, 0.25) is 0 Å². The lowest BCUT2D eigenvalue weighted by Gasteiger charge is -2.10.